The topological polar surface area (TPSA) is 56.1 Å². The van der Waals surface area contributed by atoms with Gasteiger partial charge in [0.15, 0.2) is 5.65 Å². The van der Waals surface area contributed by atoms with Crippen molar-refractivity contribution in [1.82, 2.24) is 19.5 Å². The van der Waals surface area contributed by atoms with Gasteiger partial charge in [0, 0.05) is 23.7 Å². The zero-order chi connectivity index (χ0) is 21.4. The van der Waals surface area contributed by atoms with E-state index in [0.29, 0.717) is 10.9 Å². The van der Waals surface area contributed by atoms with Gasteiger partial charge in [-0.3, -0.25) is 0 Å². The summed E-state index contributed by atoms with van der Waals surface area (Å²) in [7, 11) is 0. The quantitative estimate of drug-likeness (QED) is 0.559. The summed E-state index contributed by atoms with van der Waals surface area (Å²) < 4.78 is 8.08. The zero-order valence-corrected chi connectivity index (χ0v) is 19.1. The second kappa shape index (κ2) is 8.75. The minimum Gasteiger partial charge on any atom is -0.377 e. The highest BCUT2D eigenvalue weighted by atomic mass is 35.5. The summed E-state index contributed by atoms with van der Waals surface area (Å²) in [6.45, 7) is 7.80. The lowest BCUT2D eigenvalue weighted by Gasteiger charge is -2.35. The van der Waals surface area contributed by atoms with Crippen molar-refractivity contribution in [1.29, 1.82) is 0 Å². The molecule has 1 saturated carbocycles. The van der Waals surface area contributed by atoms with Gasteiger partial charge in [-0.1, -0.05) is 43.5 Å². The van der Waals surface area contributed by atoms with E-state index in [9.17, 15) is 0 Å². The SMILES string of the molecule is CC1CCC(Cn2c(N3CCOC[C@H]3C)nc3ncnc(-c4cccc(Cl)c4)c32)CC1. The maximum Gasteiger partial charge on any atom is 0.208 e. The zero-order valence-electron chi connectivity index (χ0n) is 18.3. The molecule has 2 aliphatic rings. The van der Waals surface area contributed by atoms with Crippen molar-refractivity contribution >= 4 is 28.7 Å². The van der Waals surface area contributed by atoms with Gasteiger partial charge in [0.1, 0.15) is 11.8 Å². The Hall–Kier alpha value is -2.18. The van der Waals surface area contributed by atoms with Gasteiger partial charge in [0.05, 0.1) is 24.9 Å². The lowest BCUT2D eigenvalue weighted by Crippen LogP contribution is -2.45. The van der Waals surface area contributed by atoms with Crippen LogP contribution in [0.3, 0.4) is 0 Å². The van der Waals surface area contributed by atoms with Crippen molar-refractivity contribution in [2.45, 2.75) is 52.1 Å². The van der Waals surface area contributed by atoms with Crippen molar-refractivity contribution in [3.05, 3.63) is 35.6 Å². The molecule has 1 aliphatic carbocycles. The monoisotopic (exact) mass is 439 g/mol. The molecule has 3 aromatic rings. The lowest BCUT2D eigenvalue weighted by molar-refractivity contribution is 0.0976. The third kappa shape index (κ3) is 4.15. The highest BCUT2D eigenvalue weighted by Crippen LogP contribution is 2.35. The van der Waals surface area contributed by atoms with Gasteiger partial charge in [-0.2, -0.15) is 4.98 Å². The van der Waals surface area contributed by atoms with E-state index < -0.39 is 0 Å². The molecule has 7 heteroatoms. The normalized spacial score (nSPS) is 24.6. The summed E-state index contributed by atoms with van der Waals surface area (Å²) in [4.78, 5) is 16.6. The molecule has 2 fully saturated rings. The Balaban J connectivity index is 1.64. The van der Waals surface area contributed by atoms with E-state index in [1.165, 1.54) is 25.7 Å². The fraction of sp³-hybridized carbons (Fsp3) is 0.542. The minimum atomic E-state index is 0.276. The van der Waals surface area contributed by atoms with E-state index in [1.54, 1.807) is 6.33 Å². The van der Waals surface area contributed by atoms with Gasteiger partial charge in [-0.15, -0.1) is 0 Å². The van der Waals surface area contributed by atoms with Gasteiger partial charge in [0.2, 0.25) is 5.95 Å². The van der Waals surface area contributed by atoms with Gasteiger partial charge >= 0.3 is 0 Å². The second-order valence-electron chi connectivity index (χ2n) is 9.17. The molecule has 0 N–H and O–H groups in total. The number of benzene rings is 1. The van der Waals surface area contributed by atoms with Crippen molar-refractivity contribution in [3.8, 4) is 11.3 Å². The lowest BCUT2D eigenvalue weighted by atomic mass is 9.83. The molecule has 1 atom stereocenters. The molecule has 0 amide bonds. The summed E-state index contributed by atoms with van der Waals surface area (Å²) >= 11 is 6.31. The fourth-order valence-corrected chi connectivity index (χ4v) is 5.18. The molecule has 1 saturated heterocycles. The number of nitrogens with zero attached hydrogens (tertiary/aromatic N) is 5. The Morgan fingerprint density at radius 3 is 2.74 bits per heavy atom. The first kappa shape index (κ1) is 20.7. The highest BCUT2D eigenvalue weighted by Gasteiger charge is 2.29. The summed E-state index contributed by atoms with van der Waals surface area (Å²) in [5.41, 5.74) is 3.66. The molecule has 31 heavy (non-hydrogen) atoms. The first-order valence-corrected chi connectivity index (χ1v) is 11.8. The number of hydrogen-bond donors (Lipinski definition) is 0. The second-order valence-corrected chi connectivity index (χ2v) is 9.61. The highest BCUT2D eigenvalue weighted by molar-refractivity contribution is 6.30. The molecule has 0 unspecified atom stereocenters. The van der Waals surface area contributed by atoms with E-state index in [-0.39, 0.29) is 6.04 Å². The number of aromatic nitrogens is 4. The predicted octanol–water partition coefficient (Wildman–Crippen LogP) is 5.20. The summed E-state index contributed by atoms with van der Waals surface area (Å²) in [6, 6.07) is 8.17. The Morgan fingerprint density at radius 2 is 1.97 bits per heavy atom. The van der Waals surface area contributed by atoms with Gasteiger partial charge in [0.25, 0.3) is 0 Å². The van der Waals surface area contributed by atoms with Crippen molar-refractivity contribution in [2.24, 2.45) is 11.8 Å². The smallest absolute Gasteiger partial charge is 0.208 e. The van der Waals surface area contributed by atoms with Crippen LogP contribution in [0.4, 0.5) is 5.95 Å². The van der Waals surface area contributed by atoms with E-state index >= 15 is 0 Å². The van der Waals surface area contributed by atoms with Crippen molar-refractivity contribution < 1.29 is 4.74 Å². The molecule has 3 heterocycles. The maximum atomic E-state index is 6.31. The molecule has 0 bridgehead atoms. The maximum absolute atomic E-state index is 6.31. The van der Waals surface area contributed by atoms with Crippen LogP contribution >= 0.6 is 11.6 Å². The number of fused-ring (bicyclic) bond motifs is 1. The first-order valence-electron chi connectivity index (χ1n) is 11.4. The van der Waals surface area contributed by atoms with E-state index in [0.717, 1.165) is 60.6 Å². The van der Waals surface area contributed by atoms with Crippen LogP contribution in [-0.4, -0.2) is 45.3 Å². The predicted molar refractivity (Wildman–Crippen MR) is 125 cm³/mol. The molecule has 5 rings (SSSR count). The molecule has 6 nitrogen and oxygen atoms in total. The third-order valence-electron chi connectivity index (χ3n) is 6.82. The van der Waals surface area contributed by atoms with Crippen LogP contribution in [-0.2, 0) is 11.3 Å². The minimum absolute atomic E-state index is 0.276. The van der Waals surface area contributed by atoms with Gasteiger partial charge in [-0.25, -0.2) is 9.97 Å². The molecule has 2 aromatic heterocycles. The average molecular weight is 440 g/mol. The van der Waals surface area contributed by atoms with E-state index in [4.69, 9.17) is 21.3 Å². The first-order chi connectivity index (χ1) is 15.1. The van der Waals surface area contributed by atoms with Gasteiger partial charge < -0.3 is 14.2 Å². The molecule has 164 valence electrons. The number of ether oxygens (including phenoxy) is 1. The molecule has 0 spiro atoms. The Labute approximate surface area is 188 Å². The third-order valence-corrected chi connectivity index (χ3v) is 7.05. The van der Waals surface area contributed by atoms with Crippen molar-refractivity contribution in [2.75, 3.05) is 24.7 Å². The van der Waals surface area contributed by atoms with Crippen LogP contribution in [0.5, 0.6) is 0 Å². The van der Waals surface area contributed by atoms with Crippen LogP contribution in [0.1, 0.15) is 39.5 Å². The number of halogens is 1. The van der Waals surface area contributed by atoms with E-state index in [2.05, 4.69) is 39.3 Å². The summed E-state index contributed by atoms with van der Waals surface area (Å²) in [5.74, 6) is 2.48. The van der Waals surface area contributed by atoms with Crippen LogP contribution < -0.4 is 4.90 Å². The van der Waals surface area contributed by atoms with Gasteiger partial charge in [-0.05, 0) is 43.7 Å². The molecule has 0 radical (unpaired) electrons. The molecule has 1 aromatic carbocycles. The van der Waals surface area contributed by atoms with Crippen LogP contribution in [0.2, 0.25) is 5.02 Å². The number of hydrogen-bond acceptors (Lipinski definition) is 5. The number of anilines is 1. The summed E-state index contributed by atoms with van der Waals surface area (Å²) in [5, 5.41) is 0.707. The van der Waals surface area contributed by atoms with Crippen LogP contribution in [0, 0.1) is 11.8 Å². The van der Waals surface area contributed by atoms with Crippen molar-refractivity contribution in [3.63, 3.8) is 0 Å². The fourth-order valence-electron chi connectivity index (χ4n) is 4.99. The molecular weight excluding hydrogens is 410 g/mol. The number of imidazole rings is 1. The Bertz CT molecular complexity index is 1060. The number of morpholine rings is 1. The number of rotatable bonds is 4. The largest absolute Gasteiger partial charge is 0.377 e. The van der Waals surface area contributed by atoms with Crippen LogP contribution in [0.15, 0.2) is 30.6 Å². The summed E-state index contributed by atoms with van der Waals surface area (Å²) in [6.07, 6.45) is 6.75. The Morgan fingerprint density at radius 1 is 1.13 bits per heavy atom. The van der Waals surface area contributed by atoms with E-state index in [1.807, 2.05) is 18.2 Å². The van der Waals surface area contributed by atoms with Crippen LogP contribution in [0.25, 0.3) is 22.4 Å². The average Bonchev–Trinajstić information content (AvgIpc) is 3.14. The Kier molecular flexibility index (Phi) is 5.85. The molecular formula is C24H30ClN5O. The molecule has 1 aliphatic heterocycles. The standard InChI is InChI=1S/C24H30ClN5O/c1-16-6-8-18(9-7-16)13-30-22-21(19-4-3-5-20(25)12-19)26-15-27-23(22)28-24(30)29-10-11-31-14-17(29)2/h3-5,12,15-18H,6-11,13-14H2,1-2H3/t16?,17-,18?/m1/s1.